The number of anilines is 3. The molecule has 4 aromatic rings. The van der Waals surface area contributed by atoms with Crippen LogP contribution >= 0.6 is 39.1 Å². The average Bonchev–Trinajstić information content (AvgIpc) is 3.07. The van der Waals surface area contributed by atoms with Gasteiger partial charge in [-0.25, -0.2) is 0 Å². The summed E-state index contributed by atoms with van der Waals surface area (Å²) in [4.78, 5) is 38.6. The SMILES string of the molecule is O=C(Nc1ccc(Br)cc1)c1cc2[nH]c(Nc3c(Cl)cncc3Cl)nc2[nH]c1=O. The molecule has 0 aliphatic carbocycles. The minimum Gasteiger partial charge on any atom is -0.323 e. The van der Waals surface area contributed by atoms with E-state index in [0.29, 0.717) is 26.9 Å². The number of amides is 1. The molecule has 0 aliphatic rings. The molecule has 0 saturated carbocycles. The number of aromatic nitrogens is 4. The van der Waals surface area contributed by atoms with Crippen LogP contribution in [0.5, 0.6) is 0 Å². The van der Waals surface area contributed by atoms with Crippen molar-refractivity contribution in [3.8, 4) is 0 Å². The van der Waals surface area contributed by atoms with Gasteiger partial charge in [-0.15, -0.1) is 0 Å². The lowest BCUT2D eigenvalue weighted by molar-refractivity contribution is 0.102. The van der Waals surface area contributed by atoms with Crippen LogP contribution in [0.4, 0.5) is 17.3 Å². The van der Waals surface area contributed by atoms with Crippen LogP contribution in [-0.4, -0.2) is 25.8 Å². The van der Waals surface area contributed by atoms with Crippen molar-refractivity contribution in [1.82, 2.24) is 19.9 Å². The predicted octanol–water partition coefficient (Wildman–Crippen LogP) is 4.71. The maximum atomic E-state index is 12.5. The molecule has 146 valence electrons. The van der Waals surface area contributed by atoms with Crippen LogP contribution < -0.4 is 16.2 Å². The van der Waals surface area contributed by atoms with E-state index in [2.05, 4.69) is 46.5 Å². The van der Waals surface area contributed by atoms with Crippen molar-refractivity contribution in [2.75, 3.05) is 10.6 Å². The van der Waals surface area contributed by atoms with E-state index in [1.54, 1.807) is 24.3 Å². The number of aromatic amines is 2. The molecule has 11 heteroatoms. The Morgan fingerprint density at radius 3 is 2.45 bits per heavy atom. The first-order valence-corrected chi connectivity index (χ1v) is 9.71. The van der Waals surface area contributed by atoms with Gasteiger partial charge in [0.05, 0.1) is 21.2 Å². The van der Waals surface area contributed by atoms with Crippen molar-refractivity contribution in [2.45, 2.75) is 0 Å². The summed E-state index contributed by atoms with van der Waals surface area (Å²) >= 11 is 15.5. The lowest BCUT2D eigenvalue weighted by atomic mass is 10.2. The summed E-state index contributed by atoms with van der Waals surface area (Å²) < 4.78 is 0.877. The lowest BCUT2D eigenvalue weighted by Crippen LogP contribution is -2.23. The molecule has 4 rings (SSSR count). The number of nitrogens with zero attached hydrogens (tertiary/aromatic N) is 2. The Morgan fingerprint density at radius 2 is 1.76 bits per heavy atom. The zero-order chi connectivity index (χ0) is 20.5. The molecule has 0 atom stereocenters. The Morgan fingerprint density at radius 1 is 1.07 bits per heavy atom. The molecule has 4 N–H and O–H groups in total. The summed E-state index contributed by atoms with van der Waals surface area (Å²) in [6, 6.07) is 8.43. The second kappa shape index (κ2) is 7.86. The first-order valence-electron chi connectivity index (χ1n) is 8.16. The van der Waals surface area contributed by atoms with Gasteiger partial charge in [-0.3, -0.25) is 14.6 Å². The van der Waals surface area contributed by atoms with Crippen molar-refractivity contribution in [3.63, 3.8) is 0 Å². The van der Waals surface area contributed by atoms with Crippen LogP contribution in [0.25, 0.3) is 11.2 Å². The number of benzene rings is 1. The molecule has 0 saturated heterocycles. The van der Waals surface area contributed by atoms with E-state index in [1.807, 2.05) is 0 Å². The van der Waals surface area contributed by atoms with Crippen LogP contribution in [0.15, 0.2) is 52.0 Å². The molecule has 0 unspecified atom stereocenters. The van der Waals surface area contributed by atoms with Crippen molar-refractivity contribution in [2.24, 2.45) is 0 Å². The zero-order valence-corrected chi connectivity index (χ0v) is 17.5. The van der Waals surface area contributed by atoms with Gasteiger partial charge in [0.15, 0.2) is 5.65 Å². The molecule has 0 radical (unpaired) electrons. The molecular weight excluding hydrogens is 483 g/mol. The molecule has 0 aliphatic heterocycles. The predicted molar refractivity (Wildman–Crippen MR) is 116 cm³/mol. The van der Waals surface area contributed by atoms with Crippen LogP contribution in [0.1, 0.15) is 10.4 Å². The van der Waals surface area contributed by atoms with Crippen molar-refractivity contribution in [3.05, 3.63) is 73.2 Å². The molecular formula is C18H11BrCl2N6O2. The number of halogens is 3. The summed E-state index contributed by atoms with van der Waals surface area (Å²) in [6.07, 6.45) is 2.87. The number of hydrogen-bond donors (Lipinski definition) is 4. The summed E-state index contributed by atoms with van der Waals surface area (Å²) in [5, 5.41) is 6.24. The first-order chi connectivity index (χ1) is 13.9. The highest BCUT2D eigenvalue weighted by Gasteiger charge is 2.15. The number of carbonyl (C=O) groups is 1. The number of H-pyrrole nitrogens is 2. The fraction of sp³-hybridized carbons (Fsp3) is 0. The van der Waals surface area contributed by atoms with Crippen molar-refractivity contribution >= 4 is 73.5 Å². The van der Waals surface area contributed by atoms with E-state index in [-0.39, 0.29) is 17.2 Å². The third-order valence-electron chi connectivity index (χ3n) is 3.94. The summed E-state index contributed by atoms with van der Waals surface area (Å²) in [6.45, 7) is 0. The van der Waals surface area contributed by atoms with Gasteiger partial charge in [-0.2, -0.15) is 4.98 Å². The average molecular weight is 494 g/mol. The fourth-order valence-electron chi connectivity index (χ4n) is 2.58. The minimum atomic E-state index is -0.565. The Kier molecular flexibility index (Phi) is 5.27. The largest absolute Gasteiger partial charge is 0.323 e. The monoisotopic (exact) mass is 492 g/mol. The normalized spacial score (nSPS) is 10.9. The molecule has 0 bridgehead atoms. The molecule has 0 fully saturated rings. The standard InChI is InChI=1S/C18H11BrCl2N6O2/c19-8-1-3-9(4-2-8)23-16(28)10-5-13-15(26-17(10)29)27-18(24-13)25-14-11(20)6-22-7-12(14)21/h1-7H,(H,23,28)(H3,22,24,25,26,27,29). The van der Waals surface area contributed by atoms with Gasteiger partial charge in [-0.1, -0.05) is 39.1 Å². The molecule has 0 spiro atoms. The van der Waals surface area contributed by atoms with Gasteiger partial charge in [0.25, 0.3) is 11.5 Å². The highest BCUT2D eigenvalue weighted by atomic mass is 79.9. The Bertz CT molecular complexity index is 1270. The van der Waals surface area contributed by atoms with Gasteiger partial charge in [0.1, 0.15) is 5.56 Å². The van der Waals surface area contributed by atoms with Crippen molar-refractivity contribution < 1.29 is 4.79 Å². The van der Waals surface area contributed by atoms with E-state index in [1.165, 1.54) is 18.5 Å². The molecule has 1 aromatic carbocycles. The number of imidazole rings is 1. The van der Waals surface area contributed by atoms with Gasteiger partial charge < -0.3 is 20.6 Å². The summed E-state index contributed by atoms with van der Waals surface area (Å²) in [5.74, 6) is -0.254. The summed E-state index contributed by atoms with van der Waals surface area (Å²) in [7, 11) is 0. The van der Waals surface area contributed by atoms with Gasteiger partial charge in [-0.05, 0) is 30.3 Å². The molecule has 29 heavy (non-hydrogen) atoms. The second-order valence-electron chi connectivity index (χ2n) is 5.92. The maximum Gasteiger partial charge on any atom is 0.262 e. The topological polar surface area (TPSA) is 116 Å². The molecule has 1 amide bonds. The first kappa shape index (κ1) is 19.4. The van der Waals surface area contributed by atoms with Gasteiger partial charge >= 0.3 is 0 Å². The van der Waals surface area contributed by atoms with Crippen LogP contribution in [0, 0.1) is 0 Å². The summed E-state index contributed by atoms with van der Waals surface area (Å²) in [5.41, 5.74) is 1.08. The third kappa shape index (κ3) is 4.12. The highest BCUT2D eigenvalue weighted by molar-refractivity contribution is 9.10. The van der Waals surface area contributed by atoms with Crippen LogP contribution in [0.2, 0.25) is 10.0 Å². The number of nitrogens with one attached hydrogen (secondary N) is 4. The Labute approximate surface area is 181 Å². The second-order valence-corrected chi connectivity index (χ2v) is 7.65. The van der Waals surface area contributed by atoms with Gasteiger partial charge in [0.2, 0.25) is 5.95 Å². The molecule has 3 aromatic heterocycles. The van der Waals surface area contributed by atoms with Crippen molar-refractivity contribution in [1.29, 1.82) is 0 Å². The smallest absolute Gasteiger partial charge is 0.262 e. The highest BCUT2D eigenvalue weighted by Crippen LogP contribution is 2.31. The molecule has 8 nitrogen and oxygen atoms in total. The van der Waals surface area contributed by atoms with E-state index in [9.17, 15) is 9.59 Å². The van der Waals surface area contributed by atoms with Crippen LogP contribution in [-0.2, 0) is 0 Å². The Hall–Kier alpha value is -2.88. The maximum absolute atomic E-state index is 12.5. The minimum absolute atomic E-state index is 0.0596. The number of rotatable bonds is 4. The van der Waals surface area contributed by atoms with E-state index < -0.39 is 11.5 Å². The zero-order valence-electron chi connectivity index (χ0n) is 14.4. The van der Waals surface area contributed by atoms with E-state index in [4.69, 9.17) is 23.2 Å². The number of carbonyl (C=O) groups excluding carboxylic acids is 1. The number of fused-ring (bicyclic) bond motifs is 1. The number of pyridine rings is 2. The fourth-order valence-corrected chi connectivity index (χ4v) is 3.30. The quantitative estimate of drug-likeness (QED) is 0.328. The lowest BCUT2D eigenvalue weighted by Gasteiger charge is -2.06. The number of hydrogen-bond acceptors (Lipinski definition) is 5. The van der Waals surface area contributed by atoms with Gasteiger partial charge in [0, 0.05) is 22.6 Å². The van der Waals surface area contributed by atoms with E-state index >= 15 is 0 Å². The van der Waals surface area contributed by atoms with E-state index in [0.717, 1.165) is 4.47 Å². The van der Waals surface area contributed by atoms with Crippen LogP contribution in [0.3, 0.4) is 0 Å². The molecule has 3 heterocycles. The third-order valence-corrected chi connectivity index (χ3v) is 5.04. The Balaban J connectivity index is 1.64.